The summed E-state index contributed by atoms with van der Waals surface area (Å²) in [5, 5.41) is 0. The Morgan fingerprint density at radius 2 is 1.25 bits per heavy atom. The Balaban J connectivity index is -0.00000000500. The van der Waals surface area contributed by atoms with Crippen LogP contribution in [0.4, 0.5) is 0 Å². The average molecular weight is 296 g/mol. The van der Waals surface area contributed by atoms with Gasteiger partial charge in [-0.05, 0) is 0 Å². The first-order valence-electron chi connectivity index (χ1n) is 0.204. The predicted molar refractivity (Wildman–Crippen MR) is 20.0 cm³/mol. The van der Waals surface area contributed by atoms with Gasteiger partial charge in [0.1, 0.15) is 0 Å². The molecule has 0 aromatic heterocycles. The van der Waals surface area contributed by atoms with Gasteiger partial charge in [-0.1, -0.05) is 0 Å². The van der Waals surface area contributed by atoms with Crippen LogP contribution in [0.2, 0.25) is 0 Å². The molecule has 0 radical (unpaired) electrons. The van der Waals surface area contributed by atoms with Gasteiger partial charge >= 0.3 is 74.9 Å². The second-order valence-corrected chi connectivity index (χ2v) is 0. The SMILES string of the molecule is O.[BaH2].[O]=[SbH]. The zero-order valence-electron chi connectivity index (χ0n) is 1.41. The van der Waals surface area contributed by atoms with E-state index in [-0.39, 0.29) is 54.4 Å². The molecule has 0 rings (SSSR count). The molecule has 2 nitrogen and oxygen atoms in total. The van der Waals surface area contributed by atoms with E-state index < -0.39 is 0 Å². The van der Waals surface area contributed by atoms with E-state index in [1.165, 1.54) is 0 Å². The van der Waals surface area contributed by atoms with Crippen molar-refractivity contribution in [3.63, 3.8) is 0 Å². The van der Waals surface area contributed by atoms with Crippen molar-refractivity contribution in [3.05, 3.63) is 0 Å². The fraction of sp³-hybridized carbons (Fsp3) is 0. The summed E-state index contributed by atoms with van der Waals surface area (Å²) in [5.74, 6) is 0. The van der Waals surface area contributed by atoms with Crippen LogP contribution < -0.4 is 0 Å². The summed E-state index contributed by atoms with van der Waals surface area (Å²) in [6, 6.07) is 0. The van der Waals surface area contributed by atoms with Crippen LogP contribution in [0.25, 0.3) is 0 Å². The van der Waals surface area contributed by atoms with E-state index in [1.807, 2.05) is 0 Å². The molecule has 0 spiro atoms. The first kappa shape index (κ1) is 16.4. The summed E-state index contributed by atoms with van der Waals surface area (Å²) in [6.45, 7) is 0. The van der Waals surface area contributed by atoms with Crippen molar-refractivity contribution in [3.8, 4) is 0 Å². The third-order valence-electron chi connectivity index (χ3n) is 0. The molecule has 0 unspecified atom stereocenters. The molecule has 0 heterocycles. The molecule has 0 aromatic carbocycles. The quantitative estimate of drug-likeness (QED) is 0.456. The van der Waals surface area contributed by atoms with Crippen molar-refractivity contribution < 1.29 is 8.49 Å². The molecule has 0 fully saturated rings. The molecule has 0 aromatic rings. The maximum atomic E-state index is 8.34. The molecular weight excluding hydrogens is 291 g/mol. The van der Waals surface area contributed by atoms with E-state index in [0.717, 1.165) is 0 Å². The van der Waals surface area contributed by atoms with Crippen LogP contribution in [0.1, 0.15) is 0 Å². The Labute approximate surface area is 78.6 Å². The Bertz CT molecular complexity index is 6.00. The molecule has 4 heavy (non-hydrogen) atoms. The minimum atomic E-state index is 0. The second-order valence-electron chi connectivity index (χ2n) is 0. The molecule has 0 aliphatic carbocycles. The van der Waals surface area contributed by atoms with Gasteiger partial charge in [-0.3, -0.25) is 0 Å². The van der Waals surface area contributed by atoms with E-state index in [2.05, 4.69) is 0 Å². The van der Waals surface area contributed by atoms with Gasteiger partial charge in [-0.25, -0.2) is 0 Å². The van der Waals surface area contributed by atoms with Gasteiger partial charge in [0.15, 0.2) is 0 Å². The van der Waals surface area contributed by atoms with Gasteiger partial charge in [0.05, 0.1) is 0 Å². The zero-order valence-corrected chi connectivity index (χ0v) is 4.26. The fourth-order valence-corrected chi connectivity index (χ4v) is 0. The van der Waals surface area contributed by atoms with E-state index in [9.17, 15) is 0 Å². The molecule has 0 saturated heterocycles. The van der Waals surface area contributed by atoms with E-state index >= 15 is 0 Å². The van der Waals surface area contributed by atoms with Crippen LogP contribution in [0.15, 0.2) is 0 Å². The molecule has 24 valence electrons. The summed E-state index contributed by atoms with van der Waals surface area (Å²) >= 11 is 0.300. The van der Waals surface area contributed by atoms with Crippen molar-refractivity contribution in [2.45, 2.75) is 0 Å². The molecular formula is H5BaO2Sb. The van der Waals surface area contributed by atoms with Gasteiger partial charge in [-0.2, -0.15) is 0 Å². The second kappa shape index (κ2) is 19.2. The average Bonchev–Trinajstić information content (AvgIpc) is 1.00. The van der Waals surface area contributed by atoms with Gasteiger partial charge < -0.3 is 5.48 Å². The van der Waals surface area contributed by atoms with Crippen molar-refractivity contribution >= 4 is 71.9 Å². The molecule has 4 heteroatoms. The summed E-state index contributed by atoms with van der Waals surface area (Å²) in [5.41, 5.74) is 0. The maximum absolute atomic E-state index is 8.34. The van der Waals surface area contributed by atoms with Gasteiger partial charge in [0.25, 0.3) is 0 Å². The van der Waals surface area contributed by atoms with Crippen LogP contribution in [0.3, 0.4) is 0 Å². The first-order chi connectivity index (χ1) is 1.00. The third kappa shape index (κ3) is 8.91. The van der Waals surface area contributed by atoms with E-state index in [4.69, 9.17) is 3.02 Å². The van der Waals surface area contributed by atoms with E-state index in [1.54, 1.807) is 0 Å². The third-order valence-corrected chi connectivity index (χ3v) is 0. The topological polar surface area (TPSA) is 48.6 Å². The number of rotatable bonds is 0. The van der Waals surface area contributed by atoms with Gasteiger partial charge in [0.2, 0.25) is 0 Å². The minimum absolute atomic E-state index is 0. The van der Waals surface area contributed by atoms with Gasteiger partial charge in [0, 0.05) is 0 Å². The monoisotopic (exact) mass is 296 g/mol. The normalized spacial score (nSPS) is 1.00. The van der Waals surface area contributed by atoms with Crippen LogP contribution in [-0.4, -0.2) is 77.4 Å². The molecule has 0 bridgehead atoms. The van der Waals surface area contributed by atoms with Crippen molar-refractivity contribution in [1.82, 2.24) is 0 Å². The molecule has 2 N–H and O–H groups in total. The van der Waals surface area contributed by atoms with Crippen molar-refractivity contribution in [1.29, 1.82) is 0 Å². The van der Waals surface area contributed by atoms with Crippen LogP contribution in [0, 0.1) is 0 Å². The Kier molecular flexibility index (Phi) is 78.9. The Morgan fingerprint density at radius 3 is 1.25 bits per heavy atom. The van der Waals surface area contributed by atoms with Crippen LogP contribution >= 0.6 is 0 Å². The Hall–Kier alpha value is 2.15. The van der Waals surface area contributed by atoms with Gasteiger partial charge in [-0.15, -0.1) is 0 Å². The number of hydrogen-bond donors (Lipinski definition) is 0. The molecule has 0 aliphatic heterocycles. The van der Waals surface area contributed by atoms with Crippen LogP contribution in [-0.2, 0) is 3.02 Å². The van der Waals surface area contributed by atoms with Crippen molar-refractivity contribution in [2.75, 3.05) is 0 Å². The summed E-state index contributed by atoms with van der Waals surface area (Å²) < 4.78 is 8.34. The Morgan fingerprint density at radius 1 is 1.25 bits per heavy atom. The number of hydrogen-bond acceptors (Lipinski definition) is 1. The molecule has 0 aliphatic rings. The standard InChI is InChI=1S/Ba.H2O.O.Sb.3H/h;1H2;;;;;. The zero-order chi connectivity index (χ0) is 2.00. The van der Waals surface area contributed by atoms with E-state index in [0.29, 0.717) is 23.0 Å². The first-order valence-corrected chi connectivity index (χ1v) is 1.37. The predicted octanol–water partition coefficient (Wildman–Crippen LogP) is -2.51. The molecule has 0 amide bonds. The molecule has 0 saturated carbocycles. The molecule has 0 atom stereocenters. The van der Waals surface area contributed by atoms with Crippen molar-refractivity contribution in [2.24, 2.45) is 0 Å². The summed E-state index contributed by atoms with van der Waals surface area (Å²) in [4.78, 5) is 0. The summed E-state index contributed by atoms with van der Waals surface area (Å²) in [6.07, 6.45) is 0. The van der Waals surface area contributed by atoms with Crippen LogP contribution in [0.5, 0.6) is 0 Å². The summed E-state index contributed by atoms with van der Waals surface area (Å²) in [7, 11) is 0. The fourth-order valence-electron chi connectivity index (χ4n) is 0.